The Morgan fingerprint density at radius 1 is 0.471 bits per heavy atom. The third-order valence-electron chi connectivity index (χ3n) is 18.2. The summed E-state index contributed by atoms with van der Waals surface area (Å²) in [5.74, 6) is 14.1. The number of fused-ring (bicyclic) bond motifs is 5. The fraction of sp³-hybridized carbons (Fsp3) is 0.464. The second-order valence-corrected chi connectivity index (χ2v) is 38.0. The number of thiophene rings is 3. The second kappa shape index (κ2) is 61.3. The van der Waals surface area contributed by atoms with Crippen LogP contribution in [0, 0.1) is 36.5 Å². The molecule has 5 aliphatic rings. The molecule has 0 bridgehead atoms. The summed E-state index contributed by atoms with van der Waals surface area (Å²) in [4.78, 5) is 51.2. The van der Waals surface area contributed by atoms with Crippen molar-refractivity contribution in [2.24, 2.45) is 11.7 Å². The molecule has 8 heterocycles. The number of nitrogens with one attached hydrogen (secondary N) is 4. The van der Waals surface area contributed by atoms with Gasteiger partial charge in [-0.2, -0.15) is 0 Å². The molecular formula is C84H129Cl2IN18O5S9. The SMILES string of the molecule is C.CN(C)CCCN1CCSc2cc(CC(=N)c3cccs3)ccc21.CN(C)CCCN1CCSc2cc(CC(=N)c3cccs3)ccc21.CN(C)CCCN1CCSc2cc(N)ccc21.CN(C)CCCN1CCSc2cc([N+](=O)[O-])ccc21.CNC.CSC(=N)c1cccs1.Cl.I.NN.O.O=[N+]([O-])c1ccc2c(c1)SCCN2CCCCl. The normalized spacial score (nSPS) is 13.1. The Morgan fingerprint density at radius 3 is 1.03 bits per heavy atom. The Kier molecular flexibility index (Phi) is 56.6. The van der Waals surface area contributed by atoms with Gasteiger partial charge in [0, 0.05) is 177 Å². The lowest BCUT2D eigenvalue weighted by Gasteiger charge is -2.31. The lowest BCUT2D eigenvalue weighted by Crippen LogP contribution is -2.31. The minimum atomic E-state index is -0.349. The maximum absolute atomic E-state index is 10.8. The average molecular weight is 1960 g/mol. The second-order valence-electron chi connectivity index (χ2n) is 28.3. The number of nitrogens with zero attached hydrogens (tertiary/aromatic N) is 11. The molecule has 0 atom stereocenters. The van der Waals surface area contributed by atoms with E-state index in [0.717, 1.165) is 182 Å². The standard InChI is InChI=1S/2C19H25N3S2.C13H19N3O2S.C13H21N3S.C11H13ClN2O2S.C6H7NS2.C2H7N.CH4.ClH.HI.H4N2.H2O/c2*1-21(2)8-4-9-22-10-12-24-19-14-15(6-7-17(19)22)13-16(20)18-5-3-11-23-18;1-14(2)6-3-7-15-8-9-19-13-10-11(16(17)18)4-5-12(13)15;1-15(2)6-3-7-16-8-9-17-13-10-11(14)4-5-12(13)16;12-4-1-5-13-6-7-17-11-8-9(14(15)16)2-3-10(11)13;1-8-6(7)5-3-2-4-9-5;1-3-2;;;;1-2;/h2*3,5-7,11,14,20H,4,8-10,12-13H2,1-2H3;4-5,10H,3,6-9H2,1-2H3;4-5,10H,3,6-9,14H2,1-2H3;2-3,8H,1,4-7H2;2-4,7H,1H3;3H,1-2H3;1H4;2*1H;1-2H2;1H2. The molecule has 13 rings (SSSR count). The van der Waals surface area contributed by atoms with E-state index in [1.54, 1.807) is 81.8 Å². The van der Waals surface area contributed by atoms with Crippen LogP contribution in [0.1, 0.15) is 65.3 Å². The molecule has 0 fully saturated rings. The van der Waals surface area contributed by atoms with Gasteiger partial charge in [0.15, 0.2) is 0 Å². The number of hydrogen-bond acceptors (Lipinski definition) is 29. The number of hydrazine groups is 1. The van der Waals surface area contributed by atoms with Crippen molar-refractivity contribution in [2.75, 3.05) is 233 Å². The molecule has 0 aliphatic carbocycles. The van der Waals surface area contributed by atoms with Gasteiger partial charge in [-0.15, -0.1) is 153 Å². The number of thioether (sulfide) groups is 6. The van der Waals surface area contributed by atoms with E-state index in [1.165, 1.54) is 79.7 Å². The van der Waals surface area contributed by atoms with Crippen LogP contribution in [-0.4, -0.2) is 254 Å². The van der Waals surface area contributed by atoms with Crippen molar-refractivity contribution < 1.29 is 15.3 Å². The monoisotopic (exact) mass is 1950 g/mol. The highest BCUT2D eigenvalue weighted by atomic mass is 127. The lowest BCUT2D eigenvalue weighted by atomic mass is 10.1. The van der Waals surface area contributed by atoms with Gasteiger partial charge < -0.3 is 71.4 Å². The number of nitrogen functional groups attached to an aromatic ring is 1. The summed E-state index contributed by atoms with van der Waals surface area (Å²) in [6.45, 7) is 15.2. The molecule has 0 saturated carbocycles. The Balaban J connectivity index is 0.000000483. The summed E-state index contributed by atoms with van der Waals surface area (Å²) in [7, 11) is 20.7. The first-order valence-corrected chi connectivity index (χ1v) is 47.9. The Hall–Kier alpha value is -5.10. The Labute approximate surface area is 775 Å². The largest absolute Gasteiger partial charge is 0.412 e. The molecule has 0 spiro atoms. The maximum Gasteiger partial charge on any atom is 0.270 e. The summed E-state index contributed by atoms with van der Waals surface area (Å²) in [5.41, 5.74) is 17.3. The molecule has 23 nitrogen and oxygen atoms in total. The van der Waals surface area contributed by atoms with Gasteiger partial charge in [-0.25, -0.2) is 0 Å². The number of rotatable bonds is 28. The zero-order valence-electron chi connectivity index (χ0n) is 70.1. The predicted octanol–water partition coefficient (Wildman–Crippen LogP) is 18.1. The molecule has 0 amide bonds. The number of alkyl halides is 1. The van der Waals surface area contributed by atoms with Gasteiger partial charge in [0.1, 0.15) is 5.04 Å². The first-order chi connectivity index (χ1) is 55.5. The Morgan fingerprint density at radius 2 is 0.748 bits per heavy atom. The number of nitro groups is 2. The molecule has 8 aromatic rings. The third-order valence-corrected chi connectivity index (χ3v) is 27.1. The molecule has 0 radical (unpaired) electrons. The molecule has 3 aromatic heterocycles. The molecule has 0 unspecified atom stereocenters. The Bertz CT molecular complexity index is 4080. The van der Waals surface area contributed by atoms with Crippen LogP contribution in [0.4, 0.5) is 45.5 Å². The fourth-order valence-electron chi connectivity index (χ4n) is 12.6. The van der Waals surface area contributed by atoms with Crippen LogP contribution in [0.15, 0.2) is 168 Å². The zero-order chi connectivity index (χ0) is 83.6. The molecule has 35 heteroatoms. The number of nitro benzene ring substituents is 2. The number of nitrogens with two attached hydrogens (primary N) is 3. The van der Waals surface area contributed by atoms with Crippen molar-refractivity contribution in [1.29, 1.82) is 16.2 Å². The van der Waals surface area contributed by atoms with E-state index >= 15 is 0 Å². The van der Waals surface area contributed by atoms with Crippen molar-refractivity contribution in [3.8, 4) is 0 Å². The van der Waals surface area contributed by atoms with Gasteiger partial charge in [-0.3, -0.25) is 37.3 Å². The summed E-state index contributed by atoms with van der Waals surface area (Å²) >= 11 is 21.3. The molecular weight excluding hydrogens is 1830 g/mol. The third kappa shape index (κ3) is 38.9. The molecule has 660 valence electrons. The number of halogens is 3. The highest BCUT2D eigenvalue weighted by molar-refractivity contribution is 14.0. The summed E-state index contributed by atoms with van der Waals surface area (Å²) in [6.07, 6.45) is 8.99. The van der Waals surface area contributed by atoms with E-state index in [9.17, 15) is 20.2 Å². The fourth-order valence-corrected chi connectivity index (χ4v) is 20.8. The van der Waals surface area contributed by atoms with Crippen molar-refractivity contribution in [3.05, 3.63) is 190 Å². The van der Waals surface area contributed by atoms with Crippen LogP contribution in [0.5, 0.6) is 0 Å². The van der Waals surface area contributed by atoms with Gasteiger partial charge in [0.05, 0.1) is 54.6 Å². The molecule has 119 heavy (non-hydrogen) atoms. The lowest BCUT2D eigenvalue weighted by molar-refractivity contribution is -0.385. The van der Waals surface area contributed by atoms with Gasteiger partial charge in [0.2, 0.25) is 0 Å². The van der Waals surface area contributed by atoms with Crippen LogP contribution in [0.3, 0.4) is 0 Å². The highest BCUT2D eigenvalue weighted by Crippen LogP contribution is 2.41. The minimum Gasteiger partial charge on any atom is -0.412 e. The predicted molar refractivity (Wildman–Crippen MR) is 543 cm³/mol. The van der Waals surface area contributed by atoms with E-state index < -0.39 is 0 Å². The van der Waals surface area contributed by atoms with E-state index in [4.69, 9.17) is 33.6 Å². The summed E-state index contributed by atoms with van der Waals surface area (Å²) in [5, 5.41) is 54.9. The van der Waals surface area contributed by atoms with E-state index in [0.29, 0.717) is 22.3 Å². The van der Waals surface area contributed by atoms with Gasteiger partial charge in [-0.05, 0) is 235 Å². The van der Waals surface area contributed by atoms with Crippen LogP contribution in [0.25, 0.3) is 0 Å². The number of hydrogen-bond donors (Lipinski definition) is 7. The van der Waals surface area contributed by atoms with E-state index in [2.05, 4.69) is 166 Å². The van der Waals surface area contributed by atoms with Crippen molar-refractivity contribution in [3.63, 3.8) is 0 Å². The number of benzene rings is 5. The zero-order valence-corrected chi connectivity index (χ0v) is 81.4. The van der Waals surface area contributed by atoms with Crippen molar-refractivity contribution in [1.82, 2.24) is 24.9 Å². The molecule has 0 saturated heterocycles. The average Bonchev–Trinajstić information content (AvgIpc) is 1.39. The minimum absolute atomic E-state index is 0. The van der Waals surface area contributed by atoms with E-state index in [1.807, 2.05) is 126 Å². The highest BCUT2D eigenvalue weighted by Gasteiger charge is 2.25. The van der Waals surface area contributed by atoms with Gasteiger partial charge in [0.25, 0.3) is 11.4 Å². The molecule has 12 N–H and O–H groups in total. The van der Waals surface area contributed by atoms with Gasteiger partial charge in [-0.1, -0.05) is 37.8 Å². The van der Waals surface area contributed by atoms with Crippen LogP contribution >= 0.6 is 153 Å². The van der Waals surface area contributed by atoms with E-state index in [-0.39, 0.29) is 70.5 Å². The summed E-state index contributed by atoms with van der Waals surface area (Å²) in [6, 6.07) is 42.0. The number of anilines is 6. The summed E-state index contributed by atoms with van der Waals surface area (Å²) < 4.78 is 0. The van der Waals surface area contributed by atoms with Crippen LogP contribution < -0.4 is 47.2 Å². The topological polar surface area (TPSA) is 309 Å². The first kappa shape index (κ1) is 110. The molecule has 5 aliphatic heterocycles. The van der Waals surface area contributed by atoms with Crippen molar-refractivity contribution in [2.45, 2.75) is 76.8 Å². The maximum atomic E-state index is 10.8. The van der Waals surface area contributed by atoms with Crippen molar-refractivity contribution >= 4 is 215 Å². The van der Waals surface area contributed by atoms with Crippen LogP contribution in [0.2, 0.25) is 0 Å². The quantitative estimate of drug-likeness (QED) is 0.00350. The molecule has 5 aromatic carbocycles. The van der Waals surface area contributed by atoms with Gasteiger partial charge >= 0.3 is 0 Å². The first-order valence-electron chi connectivity index (χ1n) is 38.6. The number of non-ortho nitro benzene ring substituents is 2. The smallest absolute Gasteiger partial charge is 0.270 e. The van der Waals surface area contributed by atoms with Crippen LogP contribution in [-0.2, 0) is 12.8 Å².